The Labute approximate surface area is 152 Å². The van der Waals surface area contributed by atoms with Crippen molar-refractivity contribution in [1.82, 2.24) is 4.98 Å². The van der Waals surface area contributed by atoms with Gasteiger partial charge in [-0.05, 0) is 49.6 Å². The number of para-hydroxylation sites is 1. The maximum atomic E-state index is 6.41. The number of H-pyrrole nitrogens is 1. The van der Waals surface area contributed by atoms with Crippen molar-refractivity contribution in [2.24, 2.45) is 5.73 Å². The molecule has 0 unspecified atom stereocenters. The number of unbranched alkanes of at least 4 members (excludes halogenated alkanes) is 1. The van der Waals surface area contributed by atoms with Crippen LogP contribution in [0, 0.1) is 0 Å². The minimum absolute atomic E-state index is 0.699. The van der Waals surface area contributed by atoms with Gasteiger partial charge in [-0.2, -0.15) is 0 Å². The largest absolute Gasteiger partial charge is 0.497 e. The van der Waals surface area contributed by atoms with Gasteiger partial charge in [-0.25, -0.2) is 0 Å². The number of ether oxygens (including phenoxy) is 2. The number of fused-ring (bicyclic) bond motifs is 1. The molecule has 0 fully saturated rings. The van der Waals surface area contributed by atoms with Gasteiger partial charge in [0.15, 0.2) is 0 Å². The molecule has 1 heterocycles. The number of hydrogen-bond acceptors (Lipinski definition) is 3. The van der Waals surface area contributed by atoms with Gasteiger partial charge in [-0.15, -0.1) is 0 Å². The average molecular weight is 359 g/mol. The molecule has 0 aliphatic heterocycles. The topological polar surface area (TPSA) is 60.3 Å². The van der Waals surface area contributed by atoms with Crippen LogP contribution in [0.2, 0.25) is 5.02 Å². The van der Waals surface area contributed by atoms with E-state index in [4.69, 9.17) is 26.8 Å². The number of aromatic nitrogens is 1. The molecule has 132 valence electrons. The van der Waals surface area contributed by atoms with Crippen LogP contribution in [0.1, 0.15) is 18.4 Å². The minimum Gasteiger partial charge on any atom is -0.497 e. The Morgan fingerprint density at radius 1 is 1.08 bits per heavy atom. The molecular formula is C20H23ClN2O2. The van der Waals surface area contributed by atoms with Gasteiger partial charge in [0, 0.05) is 17.0 Å². The van der Waals surface area contributed by atoms with Gasteiger partial charge in [-0.1, -0.05) is 23.7 Å². The zero-order valence-corrected chi connectivity index (χ0v) is 15.3. The highest BCUT2D eigenvalue weighted by Gasteiger charge is 2.18. The highest BCUT2D eigenvalue weighted by molar-refractivity contribution is 6.35. The van der Waals surface area contributed by atoms with Gasteiger partial charge in [0.05, 0.1) is 30.5 Å². The van der Waals surface area contributed by atoms with E-state index in [0.717, 1.165) is 57.9 Å². The minimum atomic E-state index is 0.699. The molecule has 0 bridgehead atoms. The first-order valence-electron chi connectivity index (χ1n) is 8.41. The van der Waals surface area contributed by atoms with Crippen LogP contribution in [0.15, 0.2) is 36.4 Å². The lowest BCUT2D eigenvalue weighted by atomic mass is 9.99. The quantitative estimate of drug-likeness (QED) is 0.597. The molecule has 0 atom stereocenters. The van der Waals surface area contributed by atoms with Crippen LogP contribution in [0.4, 0.5) is 0 Å². The summed E-state index contributed by atoms with van der Waals surface area (Å²) in [5.74, 6) is 1.53. The first-order valence-corrected chi connectivity index (χ1v) is 8.79. The van der Waals surface area contributed by atoms with Crippen LogP contribution in [-0.4, -0.2) is 25.7 Å². The Kier molecular flexibility index (Phi) is 5.51. The second-order valence-electron chi connectivity index (χ2n) is 5.95. The Bertz CT molecular complexity index is 874. The van der Waals surface area contributed by atoms with E-state index < -0.39 is 0 Å². The third-order valence-electron chi connectivity index (χ3n) is 4.45. The number of nitrogens with one attached hydrogen (secondary N) is 1. The van der Waals surface area contributed by atoms with Crippen molar-refractivity contribution >= 4 is 22.5 Å². The lowest BCUT2D eigenvalue weighted by Crippen LogP contribution is -1.99. The highest BCUT2D eigenvalue weighted by atomic mass is 35.5. The van der Waals surface area contributed by atoms with E-state index in [1.54, 1.807) is 14.2 Å². The molecule has 25 heavy (non-hydrogen) atoms. The van der Waals surface area contributed by atoms with Crippen LogP contribution >= 0.6 is 11.6 Å². The molecule has 0 radical (unpaired) electrons. The summed E-state index contributed by atoms with van der Waals surface area (Å²) < 4.78 is 10.9. The lowest BCUT2D eigenvalue weighted by Gasteiger charge is -2.11. The van der Waals surface area contributed by atoms with E-state index in [9.17, 15) is 0 Å². The smallest absolute Gasteiger partial charge is 0.131 e. The summed E-state index contributed by atoms with van der Waals surface area (Å²) in [4.78, 5) is 3.50. The number of aryl methyl sites for hydroxylation is 1. The number of aromatic amines is 1. The number of rotatable bonds is 7. The summed E-state index contributed by atoms with van der Waals surface area (Å²) in [6.07, 6.45) is 2.95. The summed E-state index contributed by atoms with van der Waals surface area (Å²) in [6, 6.07) is 11.8. The number of benzene rings is 2. The average Bonchev–Trinajstić information content (AvgIpc) is 3.01. The van der Waals surface area contributed by atoms with Gasteiger partial charge >= 0.3 is 0 Å². The predicted molar refractivity (Wildman–Crippen MR) is 104 cm³/mol. The number of halogens is 1. The zero-order chi connectivity index (χ0) is 17.8. The lowest BCUT2D eigenvalue weighted by molar-refractivity contribution is 0.395. The van der Waals surface area contributed by atoms with Crippen LogP contribution < -0.4 is 15.2 Å². The van der Waals surface area contributed by atoms with Crippen molar-refractivity contribution in [2.75, 3.05) is 20.8 Å². The number of nitrogens with two attached hydrogens (primary N) is 1. The Hall–Kier alpha value is -2.17. The van der Waals surface area contributed by atoms with Crippen molar-refractivity contribution in [3.63, 3.8) is 0 Å². The maximum Gasteiger partial charge on any atom is 0.131 e. The summed E-state index contributed by atoms with van der Waals surface area (Å²) in [7, 11) is 3.32. The van der Waals surface area contributed by atoms with E-state index in [0.29, 0.717) is 6.54 Å². The number of methoxy groups -OCH3 is 2. The second kappa shape index (κ2) is 7.81. The third-order valence-corrected chi connectivity index (χ3v) is 4.76. The number of hydrogen-bond donors (Lipinski definition) is 2. The third kappa shape index (κ3) is 3.46. The van der Waals surface area contributed by atoms with Gasteiger partial charge in [-0.3, -0.25) is 0 Å². The van der Waals surface area contributed by atoms with Crippen LogP contribution in [0.25, 0.3) is 22.2 Å². The van der Waals surface area contributed by atoms with Gasteiger partial charge in [0.1, 0.15) is 11.5 Å². The Morgan fingerprint density at radius 3 is 2.64 bits per heavy atom. The standard InChI is InChI=1S/C20H23ClN2O2/c1-24-13-9-10-16(18(12-13)25-2)19-14(6-3-4-11-22)15-7-5-8-17(21)20(15)23-19/h5,7-10,12,23H,3-4,6,11,22H2,1-2H3. The zero-order valence-electron chi connectivity index (χ0n) is 14.6. The SMILES string of the molecule is COc1ccc(-c2[nH]c3c(Cl)cccc3c2CCCCN)c(OC)c1. The molecule has 3 aromatic rings. The molecular weight excluding hydrogens is 336 g/mol. The molecule has 4 nitrogen and oxygen atoms in total. The fraction of sp³-hybridized carbons (Fsp3) is 0.300. The molecule has 0 amide bonds. The van der Waals surface area contributed by atoms with Gasteiger partial charge < -0.3 is 20.2 Å². The molecule has 0 aliphatic rings. The molecule has 0 spiro atoms. The van der Waals surface area contributed by atoms with Crippen molar-refractivity contribution in [3.05, 3.63) is 47.0 Å². The Morgan fingerprint density at radius 2 is 1.92 bits per heavy atom. The van der Waals surface area contributed by atoms with Crippen LogP contribution in [-0.2, 0) is 6.42 Å². The van der Waals surface area contributed by atoms with Crippen molar-refractivity contribution < 1.29 is 9.47 Å². The van der Waals surface area contributed by atoms with E-state index in [2.05, 4.69) is 11.1 Å². The monoisotopic (exact) mass is 358 g/mol. The molecule has 1 aromatic heterocycles. The highest BCUT2D eigenvalue weighted by Crippen LogP contribution is 2.39. The first kappa shape index (κ1) is 17.6. The normalized spacial score (nSPS) is 11.0. The predicted octanol–water partition coefficient (Wildman–Crippen LogP) is 4.79. The fourth-order valence-electron chi connectivity index (χ4n) is 3.18. The van der Waals surface area contributed by atoms with E-state index in [1.807, 2.05) is 30.3 Å². The molecule has 3 N–H and O–H groups in total. The van der Waals surface area contributed by atoms with Crippen LogP contribution in [0.5, 0.6) is 11.5 Å². The molecule has 5 heteroatoms. The molecule has 0 aliphatic carbocycles. The Balaban J connectivity index is 2.17. The van der Waals surface area contributed by atoms with Crippen molar-refractivity contribution in [2.45, 2.75) is 19.3 Å². The fourth-order valence-corrected chi connectivity index (χ4v) is 3.40. The summed E-state index contributed by atoms with van der Waals surface area (Å²) in [5.41, 5.74) is 9.91. The molecule has 2 aromatic carbocycles. The summed E-state index contributed by atoms with van der Waals surface area (Å²) >= 11 is 6.41. The second-order valence-corrected chi connectivity index (χ2v) is 6.36. The maximum absolute atomic E-state index is 6.41. The van der Waals surface area contributed by atoms with E-state index in [1.165, 1.54) is 5.56 Å². The van der Waals surface area contributed by atoms with E-state index in [-0.39, 0.29) is 0 Å². The first-order chi connectivity index (χ1) is 12.2. The summed E-state index contributed by atoms with van der Waals surface area (Å²) in [6.45, 7) is 0.699. The molecule has 3 rings (SSSR count). The van der Waals surface area contributed by atoms with Crippen molar-refractivity contribution in [3.8, 4) is 22.8 Å². The van der Waals surface area contributed by atoms with Gasteiger partial charge in [0.25, 0.3) is 0 Å². The summed E-state index contributed by atoms with van der Waals surface area (Å²) in [5, 5.41) is 1.87. The van der Waals surface area contributed by atoms with Gasteiger partial charge in [0.2, 0.25) is 0 Å². The molecule has 0 saturated heterocycles. The van der Waals surface area contributed by atoms with E-state index >= 15 is 0 Å². The van der Waals surface area contributed by atoms with Crippen molar-refractivity contribution in [1.29, 1.82) is 0 Å². The molecule has 0 saturated carbocycles. The van der Waals surface area contributed by atoms with Crippen LogP contribution in [0.3, 0.4) is 0 Å².